The quantitative estimate of drug-likeness (QED) is 0.0379. The van der Waals surface area contributed by atoms with Crippen molar-refractivity contribution in [2.75, 3.05) is 46.2 Å². The van der Waals surface area contributed by atoms with Crippen LogP contribution in [0.25, 0.3) is 0 Å². The van der Waals surface area contributed by atoms with Crippen LogP contribution in [0.5, 0.6) is 5.75 Å². The molecule has 7 fully saturated rings. The van der Waals surface area contributed by atoms with Gasteiger partial charge in [-0.05, 0) is 6.07 Å². The number of nitro groups is 1. The number of ether oxygens (including phenoxy) is 14. The Kier molecular flexibility index (Phi) is 24.7. The maximum Gasteiger partial charge on any atom is 0.271 e. The number of hydrogen-bond donors (Lipinski definition) is 22. The van der Waals surface area contributed by atoms with E-state index in [0.29, 0.717) is 0 Å². The van der Waals surface area contributed by atoms with Crippen molar-refractivity contribution < 1.29 is 184 Å². The summed E-state index contributed by atoms with van der Waals surface area (Å²) < 4.78 is 78.5. The number of benzene rings is 1. The second-order valence-corrected chi connectivity index (χ2v) is 21.9. The highest BCUT2D eigenvalue weighted by Gasteiger charge is 2.59. The maximum atomic E-state index is 11.4. The first-order valence-corrected chi connectivity index (χ1v) is 27.7. The molecule has 1 aromatic rings. The molecule has 0 bridgehead atoms. The molecule has 7 saturated heterocycles. The van der Waals surface area contributed by atoms with Crippen molar-refractivity contribution >= 4 is 17.3 Å². The lowest BCUT2D eigenvalue weighted by molar-refractivity contribution is -0.397. The molecule has 35 atom stereocenters. The Morgan fingerprint density at radius 1 is 0.341 bits per heavy atom. The van der Waals surface area contributed by atoms with Gasteiger partial charge in [0, 0.05) is 12.1 Å². The molecular formula is C48H74ClNO38. The third-order valence-electron chi connectivity index (χ3n) is 15.9. The number of non-ortho nitro benzene ring substituents is 1. The van der Waals surface area contributed by atoms with Crippen molar-refractivity contribution in [2.45, 2.75) is 215 Å². The summed E-state index contributed by atoms with van der Waals surface area (Å²) in [6.07, 6.45) is -68.4. The number of hydrogen-bond acceptors (Lipinski definition) is 38. The molecule has 0 aliphatic carbocycles. The lowest BCUT2D eigenvalue weighted by atomic mass is 9.95. The number of nitrogens with zero attached hydrogens (tertiary/aromatic N) is 1. The van der Waals surface area contributed by atoms with E-state index in [2.05, 4.69) is 0 Å². The van der Waals surface area contributed by atoms with Crippen LogP contribution in [-0.2, 0) is 61.6 Å². The van der Waals surface area contributed by atoms with Crippen molar-refractivity contribution in [3.05, 3.63) is 33.3 Å². The molecule has 8 rings (SSSR count). The molecule has 1 aromatic carbocycles. The highest BCUT2D eigenvalue weighted by Crippen LogP contribution is 2.39. The number of aliphatic hydroxyl groups is 22. The molecule has 39 nitrogen and oxygen atoms in total. The summed E-state index contributed by atoms with van der Waals surface area (Å²) in [5.74, 6) is -0.233. The van der Waals surface area contributed by atoms with Gasteiger partial charge < -0.3 is 179 Å². The molecule has 0 saturated carbocycles. The molecule has 0 unspecified atom stereocenters. The van der Waals surface area contributed by atoms with Crippen LogP contribution in [0.4, 0.5) is 5.69 Å². The molecule has 0 amide bonds. The zero-order valence-corrected chi connectivity index (χ0v) is 46.3. The summed E-state index contributed by atoms with van der Waals surface area (Å²) >= 11 is 6.08. The number of nitro benzene ring substituents is 1. The number of aliphatic hydroxyl groups excluding tert-OH is 22. The van der Waals surface area contributed by atoms with Crippen molar-refractivity contribution in [1.82, 2.24) is 0 Å². The van der Waals surface area contributed by atoms with E-state index in [9.17, 15) is 122 Å². The van der Waals surface area contributed by atoms with E-state index < -0.39 is 272 Å². The van der Waals surface area contributed by atoms with Crippen LogP contribution in [0.15, 0.2) is 18.2 Å². The molecule has 7 aliphatic rings. The molecular weight excluding hydrogens is 1230 g/mol. The lowest BCUT2D eigenvalue weighted by Gasteiger charge is -2.50. The smallest absolute Gasteiger partial charge is 0.271 e. The van der Waals surface area contributed by atoms with Gasteiger partial charge in [0.15, 0.2) is 37.7 Å². The van der Waals surface area contributed by atoms with E-state index in [1.807, 2.05) is 0 Å². The average Bonchev–Trinajstić information content (AvgIpc) is 1.24. The van der Waals surface area contributed by atoms with Crippen LogP contribution in [0.3, 0.4) is 0 Å². The summed E-state index contributed by atoms with van der Waals surface area (Å²) in [6, 6.07) is 3.04. The zero-order valence-electron chi connectivity index (χ0n) is 45.6. The van der Waals surface area contributed by atoms with Crippen LogP contribution in [0.2, 0.25) is 5.02 Å². The minimum absolute atomic E-state index is 0.233. The monoisotopic (exact) mass is 1310 g/mol. The summed E-state index contributed by atoms with van der Waals surface area (Å²) in [7, 11) is 0. The van der Waals surface area contributed by atoms with Crippen molar-refractivity contribution in [3.63, 3.8) is 0 Å². The standard InChI is InChI=1S/C48H74ClNO38/c49-12-3-11(50(73)74)1-2-13(12)75-42-30(67)23(60)36(15(5-52)77-42)84-44-32(69)25(62)38(17(7-54)79-44)86-46-34(71)27(64)40(19(9-56)81-46)88-48-35(72)28(65)41(20(10-57)82-48)87-47-33(70)26(63)39(18(8-55)80-47)85-45-31(68)24(61)37(16(6-53)78-45)83-43-29(66)22(59)21(58)14(4-51)76-43/h1-3,14-48,51-72H,4-10H2/t14-,15-,16-,17-,18-,19-,20-,21-,22+,23-,24-,25-,26-,27-,28-,29-,30-,31-,32-,33-,34-,35-,36-,37-,38-,39-,40-,41-,42+,43-,44-,45-,46-,47-,48-/m1/s1. The van der Waals surface area contributed by atoms with Gasteiger partial charge in [0.25, 0.3) is 5.69 Å². The Hall–Kier alpha value is -2.69. The topological polar surface area (TPSA) is 617 Å². The second-order valence-electron chi connectivity index (χ2n) is 21.5. The Bertz CT molecular complexity index is 2350. The van der Waals surface area contributed by atoms with E-state index in [1.54, 1.807) is 0 Å². The molecule has 40 heteroatoms. The van der Waals surface area contributed by atoms with Crippen LogP contribution < -0.4 is 4.74 Å². The molecule has 22 N–H and O–H groups in total. The molecule has 88 heavy (non-hydrogen) atoms. The van der Waals surface area contributed by atoms with E-state index in [-0.39, 0.29) is 10.8 Å². The van der Waals surface area contributed by atoms with Crippen LogP contribution in [0, 0.1) is 10.1 Å². The van der Waals surface area contributed by atoms with Crippen LogP contribution >= 0.6 is 11.6 Å². The second kappa shape index (κ2) is 30.6. The van der Waals surface area contributed by atoms with E-state index in [1.165, 1.54) is 0 Å². The van der Waals surface area contributed by atoms with Gasteiger partial charge in [0.1, 0.15) is 177 Å². The molecule has 7 heterocycles. The van der Waals surface area contributed by atoms with Gasteiger partial charge in [0.2, 0.25) is 6.29 Å². The molecule has 0 radical (unpaired) electrons. The summed E-state index contributed by atoms with van der Waals surface area (Å²) in [5, 5.41) is 247. The lowest BCUT2D eigenvalue weighted by Crippen LogP contribution is -2.68. The highest BCUT2D eigenvalue weighted by molar-refractivity contribution is 6.32. The Morgan fingerprint density at radius 2 is 0.568 bits per heavy atom. The summed E-state index contributed by atoms with van der Waals surface area (Å²) in [6.45, 7) is -7.06. The van der Waals surface area contributed by atoms with Gasteiger partial charge in [-0.15, -0.1) is 0 Å². The van der Waals surface area contributed by atoms with Crippen LogP contribution in [-0.4, -0.2) is 378 Å². The Labute approximate surface area is 500 Å². The molecule has 7 aliphatic heterocycles. The zero-order chi connectivity index (χ0) is 64.5. The van der Waals surface area contributed by atoms with E-state index >= 15 is 0 Å². The van der Waals surface area contributed by atoms with E-state index in [4.69, 9.17) is 77.9 Å². The fourth-order valence-corrected chi connectivity index (χ4v) is 11.1. The summed E-state index contributed by atoms with van der Waals surface area (Å²) in [5.41, 5.74) is -0.404. The first-order chi connectivity index (χ1) is 41.8. The van der Waals surface area contributed by atoms with Crippen LogP contribution in [0.1, 0.15) is 0 Å². The highest BCUT2D eigenvalue weighted by atomic mass is 35.5. The van der Waals surface area contributed by atoms with Gasteiger partial charge in [-0.2, -0.15) is 0 Å². The van der Waals surface area contributed by atoms with E-state index in [0.717, 1.165) is 18.2 Å². The molecule has 0 spiro atoms. The van der Waals surface area contributed by atoms with Gasteiger partial charge in [-0.1, -0.05) is 11.6 Å². The first kappa shape index (κ1) is 71.2. The third-order valence-corrected chi connectivity index (χ3v) is 16.2. The van der Waals surface area contributed by atoms with Gasteiger partial charge in [-0.3, -0.25) is 10.1 Å². The number of halogens is 1. The molecule has 0 aromatic heterocycles. The minimum Gasteiger partial charge on any atom is -0.460 e. The minimum atomic E-state index is -2.25. The van der Waals surface area contributed by atoms with Gasteiger partial charge >= 0.3 is 0 Å². The number of rotatable bonds is 22. The predicted octanol–water partition coefficient (Wildman–Crippen LogP) is -13.6. The largest absolute Gasteiger partial charge is 0.460 e. The maximum absolute atomic E-state index is 11.4. The third kappa shape index (κ3) is 14.6. The van der Waals surface area contributed by atoms with Crippen molar-refractivity contribution in [3.8, 4) is 5.75 Å². The predicted molar refractivity (Wildman–Crippen MR) is 268 cm³/mol. The first-order valence-electron chi connectivity index (χ1n) is 27.4. The Morgan fingerprint density at radius 3 is 0.807 bits per heavy atom. The summed E-state index contributed by atoms with van der Waals surface area (Å²) in [4.78, 5) is 10.4. The fourth-order valence-electron chi connectivity index (χ4n) is 10.9. The average molecular weight is 1310 g/mol. The van der Waals surface area contributed by atoms with Crippen molar-refractivity contribution in [2.24, 2.45) is 0 Å². The molecule has 506 valence electrons. The SMILES string of the molecule is O=[N+]([O-])c1ccc(O[C@H]2O[C@H](CO)[C@@H](O[C@H]3O[C@H](CO)[C@@H](O[C@H]4O[C@H](CO)[C@@H](O[C@H]5O[C@H](CO)[C@@H](O[C@H]6O[C@H](CO)[C@@H](O[C@H]7O[C@H](CO)[C@@H](O[C@H]8O[C@H](CO)[C@@H](O)[C@H](O)[C@H]8O)[C@H](O)[C@H]7O)[C@H](O)[C@H]6O)[C@H](O)[C@H]5O)[C@H](O)[C@H]4O)[C@H](O)[C@H]3O)[C@H](O)[C@H]2O)c(Cl)c1. The van der Waals surface area contributed by atoms with Gasteiger partial charge in [-0.25, -0.2) is 0 Å². The van der Waals surface area contributed by atoms with Gasteiger partial charge in [0.05, 0.1) is 56.2 Å². The fraction of sp³-hybridized carbons (Fsp3) is 0.875. The van der Waals surface area contributed by atoms with Crippen molar-refractivity contribution in [1.29, 1.82) is 0 Å². The normalized spacial score (nSPS) is 48.6. The Balaban J connectivity index is 0.851.